The number of piperidine rings is 1. The molecular formula is C11H22N2O3S. The van der Waals surface area contributed by atoms with Crippen molar-refractivity contribution >= 4 is 16.0 Å². The van der Waals surface area contributed by atoms with Crippen molar-refractivity contribution in [3.63, 3.8) is 0 Å². The Morgan fingerprint density at radius 2 is 2.00 bits per heavy atom. The van der Waals surface area contributed by atoms with Crippen molar-refractivity contribution in [1.82, 2.24) is 8.61 Å². The molecule has 0 spiro atoms. The predicted octanol–water partition coefficient (Wildman–Crippen LogP) is 0.872. The van der Waals surface area contributed by atoms with Gasteiger partial charge in [-0.3, -0.25) is 4.79 Å². The van der Waals surface area contributed by atoms with E-state index in [4.69, 9.17) is 0 Å². The number of ketones is 1. The fourth-order valence-electron chi connectivity index (χ4n) is 1.93. The SMILES string of the molecule is CC(=O)C1CCCN(S(=O)(=O)N(C)C(C)C)C1. The molecule has 1 saturated heterocycles. The van der Waals surface area contributed by atoms with Crippen LogP contribution in [-0.2, 0) is 15.0 Å². The van der Waals surface area contributed by atoms with Crippen LogP contribution in [0.25, 0.3) is 0 Å². The van der Waals surface area contributed by atoms with Crippen LogP contribution in [-0.4, -0.2) is 49.0 Å². The molecule has 1 atom stereocenters. The number of nitrogens with zero attached hydrogens (tertiary/aromatic N) is 2. The van der Waals surface area contributed by atoms with Crippen LogP contribution in [0.2, 0.25) is 0 Å². The van der Waals surface area contributed by atoms with Crippen molar-refractivity contribution in [2.45, 2.75) is 39.7 Å². The van der Waals surface area contributed by atoms with E-state index in [2.05, 4.69) is 0 Å². The number of Topliss-reactive ketones (excluding diaryl/α,β-unsaturated/α-hetero) is 1. The van der Waals surface area contributed by atoms with Crippen LogP contribution in [0.15, 0.2) is 0 Å². The monoisotopic (exact) mass is 262 g/mol. The first-order valence-electron chi connectivity index (χ1n) is 6.00. The van der Waals surface area contributed by atoms with Gasteiger partial charge in [-0.1, -0.05) is 0 Å². The van der Waals surface area contributed by atoms with Crippen molar-refractivity contribution in [2.24, 2.45) is 5.92 Å². The summed E-state index contributed by atoms with van der Waals surface area (Å²) in [5.74, 6) is -0.0591. The third-order valence-corrected chi connectivity index (χ3v) is 5.51. The molecular weight excluding hydrogens is 240 g/mol. The summed E-state index contributed by atoms with van der Waals surface area (Å²) in [6.45, 7) is 6.05. The molecule has 5 nitrogen and oxygen atoms in total. The van der Waals surface area contributed by atoms with Crippen LogP contribution in [0.1, 0.15) is 33.6 Å². The van der Waals surface area contributed by atoms with Gasteiger partial charge in [0.05, 0.1) is 0 Å². The van der Waals surface area contributed by atoms with E-state index in [-0.39, 0.29) is 17.7 Å². The highest BCUT2D eigenvalue weighted by Gasteiger charge is 2.34. The second kappa shape index (κ2) is 5.46. The van der Waals surface area contributed by atoms with Crippen molar-refractivity contribution in [2.75, 3.05) is 20.1 Å². The van der Waals surface area contributed by atoms with Gasteiger partial charge in [-0.2, -0.15) is 17.0 Å². The molecule has 1 rings (SSSR count). The minimum absolute atomic E-state index is 0.0716. The molecule has 0 radical (unpaired) electrons. The Labute approximate surface area is 104 Å². The van der Waals surface area contributed by atoms with Gasteiger partial charge >= 0.3 is 0 Å². The highest BCUT2D eigenvalue weighted by atomic mass is 32.2. The summed E-state index contributed by atoms with van der Waals surface area (Å²) in [4.78, 5) is 11.3. The Kier molecular flexibility index (Phi) is 4.69. The van der Waals surface area contributed by atoms with Crippen molar-refractivity contribution < 1.29 is 13.2 Å². The van der Waals surface area contributed by atoms with E-state index < -0.39 is 10.2 Å². The third kappa shape index (κ3) is 3.26. The Bertz CT molecular complexity index is 378. The van der Waals surface area contributed by atoms with Gasteiger partial charge in [-0.05, 0) is 33.6 Å². The number of carbonyl (C=O) groups is 1. The molecule has 1 aliphatic rings. The zero-order chi connectivity index (χ0) is 13.2. The van der Waals surface area contributed by atoms with Crippen molar-refractivity contribution in [3.05, 3.63) is 0 Å². The number of carbonyl (C=O) groups excluding carboxylic acids is 1. The largest absolute Gasteiger partial charge is 0.300 e. The number of rotatable bonds is 4. The number of hydrogen-bond donors (Lipinski definition) is 0. The van der Waals surface area contributed by atoms with Crippen LogP contribution < -0.4 is 0 Å². The van der Waals surface area contributed by atoms with E-state index in [1.54, 1.807) is 7.05 Å². The molecule has 1 fully saturated rings. The van der Waals surface area contributed by atoms with E-state index in [9.17, 15) is 13.2 Å². The van der Waals surface area contributed by atoms with E-state index in [0.29, 0.717) is 13.1 Å². The van der Waals surface area contributed by atoms with Crippen LogP contribution in [0.4, 0.5) is 0 Å². The summed E-state index contributed by atoms with van der Waals surface area (Å²) in [7, 11) is -1.83. The second-order valence-electron chi connectivity index (χ2n) is 4.93. The summed E-state index contributed by atoms with van der Waals surface area (Å²) >= 11 is 0. The quantitative estimate of drug-likeness (QED) is 0.755. The standard InChI is InChI=1S/C11H22N2O3S/c1-9(2)12(4)17(15,16)13-7-5-6-11(8-13)10(3)14/h9,11H,5-8H2,1-4H3. The van der Waals surface area contributed by atoms with E-state index >= 15 is 0 Å². The summed E-state index contributed by atoms with van der Waals surface area (Å²) in [5.41, 5.74) is 0. The van der Waals surface area contributed by atoms with Gasteiger partial charge in [0.25, 0.3) is 10.2 Å². The summed E-state index contributed by atoms with van der Waals surface area (Å²) in [6, 6.07) is -0.0716. The Hall–Kier alpha value is -0.460. The molecule has 1 aliphatic heterocycles. The zero-order valence-electron chi connectivity index (χ0n) is 11.0. The van der Waals surface area contributed by atoms with Gasteiger partial charge in [0.1, 0.15) is 5.78 Å². The highest BCUT2D eigenvalue weighted by Crippen LogP contribution is 2.21. The average Bonchev–Trinajstić information content (AvgIpc) is 2.28. The van der Waals surface area contributed by atoms with Gasteiger partial charge in [0.15, 0.2) is 0 Å². The Balaban J connectivity index is 2.82. The van der Waals surface area contributed by atoms with Gasteiger partial charge in [-0.15, -0.1) is 0 Å². The molecule has 6 heteroatoms. The van der Waals surface area contributed by atoms with Crippen LogP contribution in [0.3, 0.4) is 0 Å². The van der Waals surface area contributed by atoms with Crippen LogP contribution in [0, 0.1) is 5.92 Å². The second-order valence-corrected chi connectivity index (χ2v) is 6.91. The third-order valence-electron chi connectivity index (χ3n) is 3.38. The highest BCUT2D eigenvalue weighted by molar-refractivity contribution is 7.86. The molecule has 1 heterocycles. The topological polar surface area (TPSA) is 57.7 Å². The summed E-state index contributed by atoms with van der Waals surface area (Å²) < 4.78 is 27.3. The zero-order valence-corrected chi connectivity index (χ0v) is 11.8. The van der Waals surface area contributed by atoms with Crippen molar-refractivity contribution in [3.8, 4) is 0 Å². The lowest BCUT2D eigenvalue weighted by Crippen LogP contribution is -2.49. The molecule has 1 unspecified atom stereocenters. The van der Waals surface area contributed by atoms with Crippen molar-refractivity contribution in [1.29, 1.82) is 0 Å². The molecule has 0 aromatic carbocycles. The maximum atomic E-state index is 12.2. The molecule has 0 amide bonds. The van der Waals surface area contributed by atoms with Gasteiger partial charge < -0.3 is 0 Å². The first-order valence-corrected chi connectivity index (χ1v) is 7.40. The van der Waals surface area contributed by atoms with E-state index in [0.717, 1.165) is 12.8 Å². The van der Waals surface area contributed by atoms with Crippen LogP contribution >= 0.6 is 0 Å². The first-order chi connectivity index (χ1) is 7.76. The molecule has 17 heavy (non-hydrogen) atoms. The Morgan fingerprint density at radius 1 is 1.41 bits per heavy atom. The van der Waals surface area contributed by atoms with Gasteiger partial charge in [-0.25, -0.2) is 0 Å². The summed E-state index contributed by atoms with van der Waals surface area (Å²) in [6.07, 6.45) is 1.56. The lowest BCUT2D eigenvalue weighted by atomic mass is 9.96. The normalized spacial score (nSPS) is 23.3. The molecule has 100 valence electrons. The van der Waals surface area contributed by atoms with Crippen LogP contribution in [0.5, 0.6) is 0 Å². The molecule has 0 aromatic rings. The fraction of sp³-hybridized carbons (Fsp3) is 0.909. The summed E-state index contributed by atoms with van der Waals surface area (Å²) in [5, 5.41) is 0. The number of hydrogen-bond acceptors (Lipinski definition) is 3. The first kappa shape index (κ1) is 14.6. The minimum atomic E-state index is -3.41. The van der Waals surface area contributed by atoms with Gasteiger partial charge in [0, 0.05) is 32.1 Å². The molecule has 0 aromatic heterocycles. The maximum Gasteiger partial charge on any atom is 0.281 e. The molecule has 0 bridgehead atoms. The fourth-order valence-corrected chi connectivity index (χ4v) is 3.56. The van der Waals surface area contributed by atoms with E-state index in [1.807, 2.05) is 13.8 Å². The lowest BCUT2D eigenvalue weighted by Gasteiger charge is -2.34. The molecule has 0 saturated carbocycles. The molecule has 0 aliphatic carbocycles. The average molecular weight is 262 g/mol. The maximum absolute atomic E-state index is 12.2. The molecule has 0 N–H and O–H groups in total. The minimum Gasteiger partial charge on any atom is -0.300 e. The lowest BCUT2D eigenvalue weighted by molar-refractivity contribution is -0.121. The predicted molar refractivity (Wildman–Crippen MR) is 66.8 cm³/mol. The van der Waals surface area contributed by atoms with E-state index in [1.165, 1.54) is 15.5 Å². The van der Waals surface area contributed by atoms with Gasteiger partial charge in [0.2, 0.25) is 0 Å². The smallest absolute Gasteiger partial charge is 0.281 e. The Morgan fingerprint density at radius 3 is 2.47 bits per heavy atom.